The number of halogens is 1. The molecule has 0 amide bonds. The maximum atomic E-state index is 13.8. The molecule has 0 spiro atoms. The van der Waals surface area contributed by atoms with E-state index < -0.39 is 5.60 Å². The summed E-state index contributed by atoms with van der Waals surface area (Å²) in [4.78, 5) is 10.4. The lowest BCUT2D eigenvalue weighted by Gasteiger charge is -2.45. The van der Waals surface area contributed by atoms with E-state index in [-0.39, 0.29) is 17.7 Å². The van der Waals surface area contributed by atoms with Crippen molar-refractivity contribution in [2.75, 3.05) is 20.1 Å². The van der Waals surface area contributed by atoms with E-state index in [2.05, 4.69) is 41.8 Å². The summed E-state index contributed by atoms with van der Waals surface area (Å²) in [7, 11) is 2.14. The van der Waals surface area contributed by atoms with Crippen LogP contribution in [0, 0.1) is 11.7 Å². The van der Waals surface area contributed by atoms with Gasteiger partial charge in [0.2, 0.25) is 0 Å². The Kier molecular flexibility index (Phi) is 6.44. The number of nitrogens with zero attached hydrogens (tertiary/aromatic N) is 2. The van der Waals surface area contributed by atoms with Gasteiger partial charge in [-0.25, -0.2) is 9.37 Å². The van der Waals surface area contributed by atoms with E-state index in [4.69, 9.17) is 0 Å². The van der Waals surface area contributed by atoms with Crippen LogP contribution in [0.1, 0.15) is 56.0 Å². The number of hydrogen-bond donors (Lipinski definition) is 2. The topological polar surface area (TPSA) is 52.1 Å². The number of benzene rings is 2. The van der Waals surface area contributed by atoms with Crippen LogP contribution >= 0.6 is 0 Å². The van der Waals surface area contributed by atoms with Gasteiger partial charge in [0.25, 0.3) is 0 Å². The zero-order chi connectivity index (χ0) is 22.0. The molecule has 0 saturated heterocycles. The molecule has 166 valence electrons. The van der Waals surface area contributed by atoms with Crippen molar-refractivity contribution in [1.82, 2.24) is 14.9 Å². The standard InChI is InChI=1S/C26H34FN3O/c1-18(2)26(31)14-12-19-17-20(27)10-11-21(19)22(26)13-16-30(3)15-6-9-25-28-23-7-4-5-8-24(23)29-25/h4-5,7-8,10-11,17-18,22,31H,6,9,12-16H2,1-3H3,(H,28,29). The zero-order valence-electron chi connectivity index (χ0n) is 18.9. The Balaban J connectivity index is 1.36. The third kappa shape index (κ3) is 4.68. The summed E-state index contributed by atoms with van der Waals surface area (Å²) in [5, 5.41) is 11.5. The highest BCUT2D eigenvalue weighted by Gasteiger charge is 2.43. The van der Waals surface area contributed by atoms with Crippen LogP contribution in [0.15, 0.2) is 42.5 Å². The minimum atomic E-state index is -0.736. The second-order valence-electron chi connectivity index (χ2n) is 9.44. The number of nitrogens with one attached hydrogen (secondary N) is 1. The lowest BCUT2D eigenvalue weighted by Crippen LogP contribution is -2.46. The summed E-state index contributed by atoms with van der Waals surface area (Å²) >= 11 is 0. The van der Waals surface area contributed by atoms with E-state index in [0.29, 0.717) is 6.42 Å². The molecule has 5 heteroatoms. The molecule has 4 nitrogen and oxygen atoms in total. The number of aryl methyl sites for hydroxylation is 2. The van der Waals surface area contributed by atoms with Crippen molar-refractivity contribution in [2.45, 2.75) is 57.5 Å². The fraction of sp³-hybridized carbons (Fsp3) is 0.500. The largest absolute Gasteiger partial charge is 0.389 e. The first-order chi connectivity index (χ1) is 14.9. The van der Waals surface area contributed by atoms with Gasteiger partial charge >= 0.3 is 0 Å². The molecule has 0 bridgehead atoms. The summed E-state index contributed by atoms with van der Waals surface area (Å²) in [6.07, 6.45) is 4.25. The Morgan fingerprint density at radius 3 is 2.81 bits per heavy atom. The molecular formula is C26H34FN3O. The Hall–Kier alpha value is -2.24. The van der Waals surface area contributed by atoms with Gasteiger partial charge in [-0.2, -0.15) is 0 Å². The first kappa shape index (κ1) is 22.0. The number of aromatic nitrogens is 2. The highest BCUT2D eigenvalue weighted by Crippen LogP contribution is 2.45. The summed E-state index contributed by atoms with van der Waals surface area (Å²) in [6.45, 7) is 6.06. The smallest absolute Gasteiger partial charge is 0.123 e. The van der Waals surface area contributed by atoms with Gasteiger partial charge in [-0.3, -0.25) is 0 Å². The monoisotopic (exact) mass is 423 g/mol. The van der Waals surface area contributed by atoms with Gasteiger partial charge in [0.15, 0.2) is 0 Å². The van der Waals surface area contributed by atoms with Crippen LogP contribution in [0.2, 0.25) is 0 Å². The molecule has 0 saturated carbocycles. The number of fused-ring (bicyclic) bond motifs is 2. The minimum Gasteiger partial charge on any atom is -0.389 e. The Bertz CT molecular complexity index is 997. The summed E-state index contributed by atoms with van der Waals surface area (Å²) < 4.78 is 13.8. The molecule has 4 rings (SSSR count). The predicted octanol–water partition coefficient (Wildman–Crippen LogP) is 5.07. The van der Waals surface area contributed by atoms with Crippen molar-refractivity contribution in [3.63, 3.8) is 0 Å². The van der Waals surface area contributed by atoms with Gasteiger partial charge in [0.1, 0.15) is 11.6 Å². The van der Waals surface area contributed by atoms with Gasteiger partial charge in [0.05, 0.1) is 16.6 Å². The third-order valence-corrected chi connectivity index (χ3v) is 7.07. The molecule has 0 radical (unpaired) electrons. The molecule has 1 aliphatic rings. The number of hydrogen-bond acceptors (Lipinski definition) is 3. The normalized spacial score (nSPS) is 21.2. The van der Waals surface area contributed by atoms with Gasteiger partial charge in [-0.05, 0) is 87.1 Å². The van der Waals surface area contributed by atoms with Crippen molar-refractivity contribution in [2.24, 2.45) is 5.92 Å². The van der Waals surface area contributed by atoms with Crippen LogP contribution in [-0.4, -0.2) is 45.7 Å². The number of para-hydroxylation sites is 2. The highest BCUT2D eigenvalue weighted by molar-refractivity contribution is 5.74. The molecule has 0 aliphatic heterocycles. The highest BCUT2D eigenvalue weighted by atomic mass is 19.1. The Morgan fingerprint density at radius 2 is 2.03 bits per heavy atom. The number of H-pyrrole nitrogens is 1. The van der Waals surface area contributed by atoms with E-state index in [1.54, 1.807) is 6.07 Å². The molecule has 1 aromatic heterocycles. The summed E-state index contributed by atoms with van der Waals surface area (Å²) in [5.41, 5.74) is 3.56. The molecule has 2 unspecified atom stereocenters. The van der Waals surface area contributed by atoms with Crippen LogP contribution in [0.3, 0.4) is 0 Å². The van der Waals surface area contributed by atoms with Crippen LogP contribution < -0.4 is 0 Å². The van der Waals surface area contributed by atoms with Crippen LogP contribution in [0.5, 0.6) is 0 Å². The maximum absolute atomic E-state index is 13.8. The van der Waals surface area contributed by atoms with Gasteiger partial charge in [-0.15, -0.1) is 0 Å². The van der Waals surface area contributed by atoms with Crippen LogP contribution in [0.25, 0.3) is 11.0 Å². The van der Waals surface area contributed by atoms with E-state index >= 15 is 0 Å². The SMILES string of the molecule is CC(C)C1(O)CCc2cc(F)ccc2C1CCN(C)CCCc1nc2ccccc2[nH]1. The first-order valence-electron chi connectivity index (χ1n) is 11.5. The molecular weight excluding hydrogens is 389 g/mol. The number of aromatic amines is 1. The molecule has 3 aromatic rings. The van der Waals surface area contributed by atoms with Crippen molar-refractivity contribution >= 4 is 11.0 Å². The van der Waals surface area contributed by atoms with Crippen LogP contribution in [0.4, 0.5) is 4.39 Å². The van der Waals surface area contributed by atoms with Crippen LogP contribution in [-0.2, 0) is 12.8 Å². The lowest BCUT2D eigenvalue weighted by molar-refractivity contribution is -0.0477. The fourth-order valence-corrected chi connectivity index (χ4v) is 5.11. The Labute approximate surface area is 184 Å². The molecule has 2 N–H and O–H groups in total. The zero-order valence-corrected chi connectivity index (χ0v) is 18.9. The Morgan fingerprint density at radius 1 is 1.23 bits per heavy atom. The number of rotatable bonds is 8. The van der Waals surface area contributed by atoms with E-state index in [1.807, 2.05) is 24.3 Å². The van der Waals surface area contributed by atoms with Crippen molar-refractivity contribution in [3.8, 4) is 0 Å². The molecule has 31 heavy (non-hydrogen) atoms. The molecule has 2 aromatic carbocycles. The van der Waals surface area contributed by atoms with Crippen molar-refractivity contribution in [3.05, 3.63) is 65.2 Å². The molecule has 2 atom stereocenters. The lowest BCUT2D eigenvalue weighted by atomic mass is 9.65. The summed E-state index contributed by atoms with van der Waals surface area (Å²) in [6, 6.07) is 13.2. The average Bonchev–Trinajstić information content (AvgIpc) is 3.16. The van der Waals surface area contributed by atoms with E-state index in [1.165, 1.54) is 6.07 Å². The molecule has 1 aliphatic carbocycles. The molecule has 1 heterocycles. The predicted molar refractivity (Wildman–Crippen MR) is 124 cm³/mol. The van der Waals surface area contributed by atoms with Gasteiger partial charge < -0.3 is 15.0 Å². The summed E-state index contributed by atoms with van der Waals surface area (Å²) in [5.74, 6) is 1.05. The van der Waals surface area contributed by atoms with Gasteiger partial charge in [-0.1, -0.05) is 32.0 Å². The first-order valence-corrected chi connectivity index (χ1v) is 11.5. The second kappa shape index (κ2) is 9.09. The van der Waals surface area contributed by atoms with Crippen molar-refractivity contribution < 1.29 is 9.50 Å². The number of imidazole rings is 1. The van der Waals surface area contributed by atoms with Crippen molar-refractivity contribution in [1.29, 1.82) is 0 Å². The maximum Gasteiger partial charge on any atom is 0.123 e. The number of aliphatic hydroxyl groups is 1. The van der Waals surface area contributed by atoms with E-state index in [0.717, 1.165) is 66.8 Å². The van der Waals surface area contributed by atoms with Gasteiger partial charge in [0, 0.05) is 12.3 Å². The quantitative estimate of drug-likeness (QED) is 0.532. The average molecular weight is 424 g/mol. The fourth-order valence-electron chi connectivity index (χ4n) is 5.11. The van der Waals surface area contributed by atoms with E-state index in [9.17, 15) is 9.50 Å². The minimum absolute atomic E-state index is 0.0367. The molecule has 0 fully saturated rings. The third-order valence-electron chi connectivity index (χ3n) is 7.07. The second-order valence-corrected chi connectivity index (χ2v) is 9.44.